The smallest absolute Gasteiger partial charge is 0.292 e. The van der Waals surface area contributed by atoms with Gasteiger partial charge in [0.2, 0.25) is 0 Å². The van der Waals surface area contributed by atoms with Crippen molar-refractivity contribution in [1.82, 2.24) is 0 Å². The van der Waals surface area contributed by atoms with Gasteiger partial charge in [0, 0.05) is 12.6 Å². The van der Waals surface area contributed by atoms with Crippen molar-refractivity contribution in [3.8, 4) is 0 Å². The number of hydrogen-bond acceptors (Lipinski definition) is 3. The lowest BCUT2D eigenvalue weighted by Gasteiger charge is -2.12. The molecule has 0 bridgehead atoms. The Kier molecular flexibility index (Phi) is 4.26. The summed E-state index contributed by atoms with van der Waals surface area (Å²) in [7, 11) is 0. The van der Waals surface area contributed by atoms with Crippen LogP contribution in [0.25, 0.3) is 0 Å². The van der Waals surface area contributed by atoms with E-state index in [0.717, 1.165) is 11.1 Å². The topological polar surface area (TPSA) is 55.2 Å². The van der Waals surface area contributed by atoms with Crippen LogP contribution in [0, 0.1) is 37.8 Å². The molecule has 0 radical (unpaired) electrons. The molecule has 0 saturated heterocycles. The molecule has 0 fully saturated rings. The lowest BCUT2D eigenvalue weighted by atomic mass is 10.0. The molecule has 0 spiro atoms. The number of nitrogens with zero attached hydrogens (tertiary/aromatic N) is 1. The number of anilines is 1. The molecule has 0 aromatic heterocycles. The Hall–Kier alpha value is -2.36. The van der Waals surface area contributed by atoms with Crippen LogP contribution in [0.2, 0.25) is 0 Å². The van der Waals surface area contributed by atoms with Crippen molar-refractivity contribution >= 4 is 11.4 Å². The molecular weight excluding hydrogens is 264 g/mol. The molecule has 2 aromatic carbocycles. The molecule has 4 heteroatoms. The maximum absolute atomic E-state index is 11.1. The standard InChI is InChI=1S/C17H20N2O2/c1-11-5-6-16(17(7-11)19(20)21)18-10-15-9-13(3)12(2)8-14(15)4/h5-9,18H,10H2,1-4H3. The monoisotopic (exact) mass is 284 g/mol. The summed E-state index contributed by atoms with van der Waals surface area (Å²) < 4.78 is 0. The highest BCUT2D eigenvalue weighted by molar-refractivity contribution is 5.62. The van der Waals surface area contributed by atoms with Crippen molar-refractivity contribution in [2.75, 3.05) is 5.32 Å². The molecule has 0 saturated carbocycles. The zero-order valence-corrected chi connectivity index (χ0v) is 12.9. The van der Waals surface area contributed by atoms with E-state index < -0.39 is 0 Å². The highest BCUT2D eigenvalue weighted by Crippen LogP contribution is 2.26. The average Bonchev–Trinajstić information content (AvgIpc) is 2.42. The highest BCUT2D eigenvalue weighted by Gasteiger charge is 2.13. The van der Waals surface area contributed by atoms with Gasteiger partial charge in [0.25, 0.3) is 5.69 Å². The van der Waals surface area contributed by atoms with Crippen LogP contribution in [0.15, 0.2) is 30.3 Å². The van der Waals surface area contributed by atoms with Crippen LogP contribution < -0.4 is 5.32 Å². The maximum Gasteiger partial charge on any atom is 0.292 e. The number of rotatable bonds is 4. The third kappa shape index (κ3) is 3.40. The van der Waals surface area contributed by atoms with Crippen LogP contribution in [0.3, 0.4) is 0 Å². The zero-order chi connectivity index (χ0) is 15.6. The van der Waals surface area contributed by atoms with Gasteiger partial charge in [-0.3, -0.25) is 10.1 Å². The fraction of sp³-hybridized carbons (Fsp3) is 0.294. The van der Waals surface area contributed by atoms with Crippen LogP contribution in [-0.2, 0) is 6.54 Å². The Bertz CT molecular complexity index is 693. The lowest BCUT2D eigenvalue weighted by molar-refractivity contribution is -0.384. The molecule has 0 heterocycles. The van der Waals surface area contributed by atoms with Gasteiger partial charge < -0.3 is 5.32 Å². The van der Waals surface area contributed by atoms with Gasteiger partial charge in [0.05, 0.1) is 4.92 Å². The minimum Gasteiger partial charge on any atom is -0.375 e. The van der Waals surface area contributed by atoms with Crippen LogP contribution in [0.5, 0.6) is 0 Å². The Balaban J connectivity index is 2.25. The van der Waals surface area contributed by atoms with E-state index in [1.165, 1.54) is 16.7 Å². The summed E-state index contributed by atoms with van der Waals surface area (Å²) in [6.07, 6.45) is 0. The summed E-state index contributed by atoms with van der Waals surface area (Å²) in [5, 5.41) is 14.3. The Morgan fingerprint density at radius 1 is 1.00 bits per heavy atom. The van der Waals surface area contributed by atoms with Crippen molar-refractivity contribution in [2.45, 2.75) is 34.2 Å². The highest BCUT2D eigenvalue weighted by atomic mass is 16.6. The van der Waals surface area contributed by atoms with Gasteiger partial charge in [-0.05, 0) is 61.6 Å². The first-order chi connectivity index (χ1) is 9.88. The summed E-state index contributed by atoms with van der Waals surface area (Å²) in [5.74, 6) is 0. The third-order valence-electron chi connectivity index (χ3n) is 3.77. The van der Waals surface area contributed by atoms with E-state index in [0.29, 0.717) is 12.2 Å². The minimum absolute atomic E-state index is 0.122. The van der Waals surface area contributed by atoms with Gasteiger partial charge in [-0.15, -0.1) is 0 Å². The van der Waals surface area contributed by atoms with E-state index in [1.807, 2.05) is 13.0 Å². The summed E-state index contributed by atoms with van der Waals surface area (Å²) in [4.78, 5) is 10.8. The first-order valence-electron chi connectivity index (χ1n) is 6.94. The van der Waals surface area contributed by atoms with Gasteiger partial charge >= 0.3 is 0 Å². The molecule has 21 heavy (non-hydrogen) atoms. The number of nitro groups is 1. The quantitative estimate of drug-likeness (QED) is 0.667. The predicted molar refractivity (Wildman–Crippen MR) is 85.8 cm³/mol. The maximum atomic E-state index is 11.1. The molecule has 1 N–H and O–H groups in total. The zero-order valence-electron chi connectivity index (χ0n) is 12.9. The molecule has 110 valence electrons. The second-order valence-corrected chi connectivity index (χ2v) is 5.49. The van der Waals surface area contributed by atoms with Crippen molar-refractivity contribution in [1.29, 1.82) is 0 Å². The van der Waals surface area contributed by atoms with E-state index in [2.05, 4.69) is 38.2 Å². The Morgan fingerprint density at radius 2 is 1.67 bits per heavy atom. The van der Waals surface area contributed by atoms with E-state index in [9.17, 15) is 10.1 Å². The summed E-state index contributed by atoms with van der Waals surface area (Å²) in [6, 6.07) is 9.52. The normalized spacial score (nSPS) is 10.5. The summed E-state index contributed by atoms with van der Waals surface area (Å²) in [6.45, 7) is 8.66. The molecular formula is C17H20N2O2. The van der Waals surface area contributed by atoms with Crippen molar-refractivity contribution in [3.05, 3.63) is 68.3 Å². The molecule has 0 amide bonds. The third-order valence-corrected chi connectivity index (χ3v) is 3.77. The molecule has 0 aliphatic heterocycles. The van der Waals surface area contributed by atoms with E-state index in [-0.39, 0.29) is 10.6 Å². The van der Waals surface area contributed by atoms with Crippen molar-refractivity contribution < 1.29 is 4.92 Å². The lowest BCUT2D eigenvalue weighted by Crippen LogP contribution is -2.05. The van der Waals surface area contributed by atoms with Crippen LogP contribution >= 0.6 is 0 Å². The first kappa shape index (κ1) is 15.0. The van der Waals surface area contributed by atoms with Crippen molar-refractivity contribution in [2.24, 2.45) is 0 Å². The average molecular weight is 284 g/mol. The second-order valence-electron chi connectivity index (χ2n) is 5.49. The Morgan fingerprint density at radius 3 is 2.33 bits per heavy atom. The molecule has 2 aromatic rings. The van der Waals surface area contributed by atoms with Crippen molar-refractivity contribution in [3.63, 3.8) is 0 Å². The largest absolute Gasteiger partial charge is 0.375 e. The number of nitro benzene ring substituents is 1. The second kappa shape index (κ2) is 5.95. The van der Waals surface area contributed by atoms with E-state index in [4.69, 9.17) is 0 Å². The SMILES string of the molecule is Cc1ccc(NCc2cc(C)c(C)cc2C)c([N+](=O)[O-])c1. The van der Waals surface area contributed by atoms with Gasteiger partial charge in [-0.1, -0.05) is 18.2 Å². The van der Waals surface area contributed by atoms with E-state index in [1.54, 1.807) is 12.1 Å². The number of aryl methyl sites for hydroxylation is 4. The molecule has 0 unspecified atom stereocenters. The van der Waals surface area contributed by atoms with Crippen LogP contribution in [-0.4, -0.2) is 4.92 Å². The number of hydrogen-bond donors (Lipinski definition) is 1. The summed E-state index contributed by atoms with van der Waals surface area (Å²) >= 11 is 0. The van der Waals surface area contributed by atoms with Crippen LogP contribution in [0.1, 0.15) is 27.8 Å². The van der Waals surface area contributed by atoms with Crippen LogP contribution in [0.4, 0.5) is 11.4 Å². The molecule has 4 nitrogen and oxygen atoms in total. The van der Waals surface area contributed by atoms with E-state index >= 15 is 0 Å². The molecule has 2 rings (SSSR count). The van der Waals surface area contributed by atoms with Gasteiger partial charge in [-0.2, -0.15) is 0 Å². The molecule has 0 aliphatic rings. The predicted octanol–water partition coefficient (Wildman–Crippen LogP) is 4.44. The fourth-order valence-electron chi connectivity index (χ4n) is 2.34. The summed E-state index contributed by atoms with van der Waals surface area (Å²) in [5.41, 5.74) is 6.41. The Labute approximate surface area is 125 Å². The van der Waals surface area contributed by atoms with Gasteiger partial charge in [-0.25, -0.2) is 0 Å². The molecule has 0 aliphatic carbocycles. The van der Waals surface area contributed by atoms with Gasteiger partial charge in [0.1, 0.15) is 5.69 Å². The van der Waals surface area contributed by atoms with Gasteiger partial charge in [0.15, 0.2) is 0 Å². The number of nitrogens with one attached hydrogen (secondary N) is 1. The molecule has 0 atom stereocenters. The first-order valence-corrected chi connectivity index (χ1v) is 6.94. The minimum atomic E-state index is -0.345. The number of benzene rings is 2. The fourth-order valence-corrected chi connectivity index (χ4v) is 2.34.